The predicted octanol–water partition coefficient (Wildman–Crippen LogP) is 1.96. The summed E-state index contributed by atoms with van der Waals surface area (Å²) in [6, 6.07) is 0.617. The lowest BCUT2D eigenvalue weighted by molar-refractivity contribution is 0.0476. The number of methoxy groups -OCH3 is 1. The van der Waals surface area contributed by atoms with Crippen molar-refractivity contribution in [3.63, 3.8) is 0 Å². The number of ether oxygens (including phenoxy) is 2. The quantitative estimate of drug-likeness (QED) is 0.734. The molecule has 0 aromatic carbocycles. The summed E-state index contributed by atoms with van der Waals surface area (Å²) in [6.07, 6.45) is 5.69. The van der Waals surface area contributed by atoms with Crippen LogP contribution in [0, 0.1) is 0 Å². The Morgan fingerprint density at radius 2 is 2.20 bits per heavy atom. The van der Waals surface area contributed by atoms with E-state index in [0.717, 1.165) is 19.6 Å². The first-order chi connectivity index (χ1) is 7.26. The van der Waals surface area contributed by atoms with Gasteiger partial charge in [-0.15, -0.1) is 0 Å². The molecule has 3 atom stereocenters. The predicted molar refractivity (Wildman–Crippen MR) is 62.1 cm³/mol. The van der Waals surface area contributed by atoms with E-state index >= 15 is 0 Å². The largest absolute Gasteiger partial charge is 0.381 e. The van der Waals surface area contributed by atoms with Crippen molar-refractivity contribution in [3.05, 3.63) is 0 Å². The molecule has 0 heterocycles. The molecule has 1 saturated carbocycles. The lowest BCUT2D eigenvalue weighted by atomic mass is 9.93. The van der Waals surface area contributed by atoms with Crippen molar-refractivity contribution in [2.24, 2.45) is 0 Å². The van der Waals surface area contributed by atoms with Crippen LogP contribution >= 0.6 is 0 Å². The zero-order chi connectivity index (χ0) is 11.1. The highest BCUT2D eigenvalue weighted by molar-refractivity contribution is 4.78. The molecule has 1 aliphatic carbocycles. The van der Waals surface area contributed by atoms with Gasteiger partial charge in [0.25, 0.3) is 0 Å². The van der Waals surface area contributed by atoms with Gasteiger partial charge < -0.3 is 14.8 Å². The second-order valence-electron chi connectivity index (χ2n) is 4.40. The Kier molecular flexibility index (Phi) is 6.22. The van der Waals surface area contributed by atoms with Crippen molar-refractivity contribution < 1.29 is 9.47 Å². The Morgan fingerprint density at radius 1 is 1.40 bits per heavy atom. The highest BCUT2D eigenvalue weighted by atomic mass is 16.5. The molecule has 0 spiro atoms. The van der Waals surface area contributed by atoms with Gasteiger partial charge in [-0.2, -0.15) is 0 Å². The van der Waals surface area contributed by atoms with Crippen LogP contribution in [-0.2, 0) is 9.47 Å². The minimum Gasteiger partial charge on any atom is -0.381 e. The van der Waals surface area contributed by atoms with Crippen molar-refractivity contribution in [2.45, 2.75) is 57.8 Å². The molecule has 15 heavy (non-hydrogen) atoms. The van der Waals surface area contributed by atoms with Crippen LogP contribution in [0.2, 0.25) is 0 Å². The van der Waals surface area contributed by atoms with Gasteiger partial charge in [0, 0.05) is 26.3 Å². The average Bonchev–Trinajstić information content (AvgIpc) is 2.27. The summed E-state index contributed by atoms with van der Waals surface area (Å²) in [7, 11) is 1.82. The first-order valence-electron chi connectivity index (χ1n) is 6.14. The van der Waals surface area contributed by atoms with E-state index in [1.165, 1.54) is 19.3 Å². The Labute approximate surface area is 93.5 Å². The van der Waals surface area contributed by atoms with Crippen LogP contribution in [0.25, 0.3) is 0 Å². The summed E-state index contributed by atoms with van der Waals surface area (Å²) < 4.78 is 10.9. The molecule has 1 aliphatic rings. The molecule has 90 valence electrons. The number of hydrogen-bond acceptors (Lipinski definition) is 3. The van der Waals surface area contributed by atoms with E-state index in [4.69, 9.17) is 9.47 Å². The van der Waals surface area contributed by atoms with Crippen molar-refractivity contribution in [2.75, 3.05) is 20.3 Å². The molecule has 1 fully saturated rings. The third kappa shape index (κ3) is 4.96. The minimum absolute atomic E-state index is 0.318. The molecule has 3 heteroatoms. The van der Waals surface area contributed by atoms with Crippen LogP contribution in [0.5, 0.6) is 0 Å². The molecule has 0 bridgehead atoms. The van der Waals surface area contributed by atoms with Crippen molar-refractivity contribution in [1.29, 1.82) is 0 Å². The van der Waals surface area contributed by atoms with E-state index in [-0.39, 0.29) is 0 Å². The van der Waals surface area contributed by atoms with Gasteiger partial charge in [-0.05, 0) is 39.5 Å². The fraction of sp³-hybridized carbons (Fsp3) is 1.00. The van der Waals surface area contributed by atoms with E-state index in [0.29, 0.717) is 18.2 Å². The van der Waals surface area contributed by atoms with E-state index in [2.05, 4.69) is 12.2 Å². The molecular weight excluding hydrogens is 190 g/mol. The Morgan fingerprint density at radius 3 is 2.87 bits per heavy atom. The Balaban J connectivity index is 2.14. The van der Waals surface area contributed by atoms with Gasteiger partial charge in [0.2, 0.25) is 0 Å². The summed E-state index contributed by atoms with van der Waals surface area (Å²) in [5.41, 5.74) is 0. The summed E-state index contributed by atoms with van der Waals surface area (Å²) in [6.45, 7) is 5.91. The van der Waals surface area contributed by atoms with Crippen LogP contribution in [0.3, 0.4) is 0 Å². The molecule has 0 aromatic rings. The maximum absolute atomic E-state index is 5.49. The first kappa shape index (κ1) is 12.9. The van der Waals surface area contributed by atoms with Crippen LogP contribution in [0.1, 0.15) is 39.5 Å². The molecule has 3 nitrogen and oxygen atoms in total. The highest BCUT2D eigenvalue weighted by Gasteiger charge is 2.21. The summed E-state index contributed by atoms with van der Waals surface area (Å²) in [4.78, 5) is 0. The van der Waals surface area contributed by atoms with Gasteiger partial charge in [-0.3, -0.25) is 0 Å². The van der Waals surface area contributed by atoms with Crippen LogP contribution < -0.4 is 5.32 Å². The van der Waals surface area contributed by atoms with E-state index in [1.54, 1.807) is 0 Å². The fourth-order valence-corrected chi connectivity index (χ4v) is 2.22. The summed E-state index contributed by atoms with van der Waals surface area (Å²) in [5.74, 6) is 0. The van der Waals surface area contributed by atoms with Crippen molar-refractivity contribution in [1.82, 2.24) is 5.32 Å². The van der Waals surface area contributed by atoms with Gasteiger partial charge in [0.15, 0.2) is 0 Å². The van der Waals surface area contributed by atoms with Crippen LogP contribution in [0.15, 0.2) is 0 Å². The molecule has 1 rings (SSSR count). The first-order valence-corrected chi connectivity index (χ1v) is 6.14. The zero-order valence-corrected chi connectivity index (χ0v) is 10.3. The lowest BCUT2D eigenvalue weighted by Gasteiger charge is -2.29. The number of hydrogen-bond donors (Lipinski definition) is 1. The number of rotatable bonds is 6. The zero-order valence-electron chi connectivity index (χ0n) is 10.3. The Hall–Kier alpha value is -0.120. The molecule has 0 aliphatic heterocycles. The van der Waals surface area contributed by atoms with Gasteiger partial charge in [-0.1, -0.05) is 0 Å². The summed E-state index contributed by atoms with van der Waals surface area (Å²) in [5, 5.41) is 3.57. The molecule has 0 aromatic heterocycles. The standard InChI is InChI=1S/C12H25NO2/c1-4-15-10(2)9-13-11-6-5-7-12(8-11)14-3/h10-13H,4-9H2,1-3H3. The smallest absolute Gasteiger partial charge is 0.0671 e. The third-order valence-corrected chi connectivity index (χ3v) is 3.10. The molecular formula is C12H25NO2. The second kappa shape index (κ2) is 7.20. The SMILES string of the molecule is CCOC(C)CNC1CCCC(OC)C1. The molecule has 0 radical (unpaired) electrons. The van der Waals surface area contributed by atoms with E-state index in [9.17, 15) is 0 Å². The molecule has 0 amide bonds. The monoisotopic (exact) mass is 215 g/mol. The second-order valence-corrected chi connectivity index (χ2v) is 4.40. The molecule has 3 unspecified atom stereocenters. The fourth-order valence-electron chi connectivity index (χ4n) is 2.22. The topological polar surface area (TPSA) is 30.5 Å². The van der Waals surface area contributed by atoms with Gasteiger partial charge >= 0.3 is 0 Å². The van der Waals surface area contributed by atoms with E-state index < -0.39 is 0 Å². The van der Waals surface area contributed by atoms with Gasteiger partial charge in [0.1, 0.15) is 0 Å². The summed E-state index contributed by atoms with van der Waals surface area (Å²) >= 11 is 0. The molecule has 1 N–H and O–H groups in total. The van der Waals surface area contributed by atoms with Gasteiger partial charge in [-0.25, -0.2) is 0 Å². The van der Waals surface area contributed by atoms with Crippen LogP contribution in [0.4, 0.5) is 0 Å². The average molecular weight is 215 g/mol. The van der Waals surface area contributed by atoms with Crippen LogP contribution in [-0.4, -0.2) is 38.5 Å². The van der Waals surface area contributed by atoms with E-state index in [1.807, 2.05) is 14.0 Å². The lowest BCUT2D eigenvalue weighted by Crippen LogP contribution is -2.40. The Bertz CT molecular complexity index is 164. The highest BCUT2D eigenvalue weighted by Crippen LogP contribution is 2.20. The molecule has 0 saturated heterocycles. The van der Waals surface area contributed by atoms with Crippen molar-refractivity contribution >= 4 is 0 Å². The maximum Gasteiger partial charge on any atom is 0.0671 e. The minimum atomic E-state index is 0.318. The van der Waals surface area contributed by atoms with Gasteiger partial charge in [0.05, 0.1) is 12.2 Å². The third-order valence-electron chi connectivity index (χ3n) is 3.10. The number of nitrogens with one attached hydrogen (secondary N) is 1. The van der Waals surface area contributed by atoms with Crippen molar-refractivity contribution in [3.8, 4) is 0 Å². The normalized spacial score (nSPS) is 29.0. The maximum atomic E-state index is 5.49.